The van der Waals surface area contributed by atoms with E-state index in [0.29, 0.717) is 18.0 Å². The first-order valence-corrected chi connectivity index (χ1v) is 9.95. The van der Waals surface area contributed by atoms with Gasteiger partial charge in [0.1, 0.15) is 0 Å². The molecule has 0 bridgehead atoms. The fourth-order valence-electron chi connectivity index (χ4n) is 3.26. The number of benzene rings is 1. The molecule has 0 aliphatic carbocycles. The highest BCUT2D eigenvalue weighted by molar-refractivity contribution is 6.09. The van der Waals surface area contributed by atoms with Gasteiger partial charge in [0, 0.05) is 18.4 Å². The van der Waals surface area contributed by atoms with E-state index in [4.69, 9.17) is 0 Å². The Balaban J connectivity index is 1.99. The van der Waals surface area contributed by atoms with Gasteiger partial charge < -0.3 is 10.6 Å². The molecule has 0 saturated heterocycles. The molecular weight excluding hydrogens is 364 g/mol. The van der Waals surface area contributed by atoms with Crippen molar-refractivity contribution in [2.24, 2.45) is 5.92 Å². The van der Waals surface area contributed by atoms with Crippen molar-refractivity contribution in [3.8, 4) is 0 Å². The monoisotopic (exact) mass is 392 g/mol. The van der Waals surface area contributed by atoms with Crippen LogP contribution in [0.1, 0.15) is 65.8 Å². The normalized spacial score (nSPS) is 11.3. The summed E-state index contributed by atoms with van der Waals surface area (Å²) in [6.07, 6.45) is 1.75. The molecule has 2 aromatic heterocycles. The zero-order valence-electron chi connectivity index (χ0n) is 17.6. The molecule has 0 atom stereocenters. The van der Waals surface area contributed by atoms with Crippen molar-refractivity contribution >= 4 is 23.0 Å². The maximum absolute atomic E-state index is 13.1. The molecule has 0 unspecified atom stereocenters. The van der Waals surface area contributed by atoms with Crippen molar-refractivity contribution < 1.29 is 9.59 Å². The maximum atomic E-state index is 13.1. The summed E-state index contributed by atoms with van der Waals surface area (Å²) >= 11 is 0. The van der Waals surface area contributed by atoms with Crippen LogP contribution in [-0.2, 0) is 0 Å². The zero-order chi connectivity index (χ0) is 21.1. The van der Waals surface area contributed by atoms with Crippen LogP contribution in [0.4, 0.5) is 5.69 Å². The van der Waals surface area contributed by atoms with E-state index in [1.54, 1.807) is 16.7 Å². The van der Waals surface area contributed by atoms with Crippen LogP contribution in [-0.4, -0.2) is 27.7 Å². The standard InChI is InChI=1S/C23H28N4O2/c1-14(2)13-24-23(29)21-25-20(18-11-6-7-12-27(18)21)22(28)26-19-16(5)9-8-10-17(19)15(3)4/h6-12,14-15H,13H2,1-5H3,(H,24,29)(H,26,28). The number of hydrogen-bond donors (Lipinski definition) is 2. The molecule has 1 aromatic carbocycles. The largest absolute Gasteiger partial charge is 0.349 e. The molecule has 0 aliphatic rings. The third-order valence-electron chi connectivity index (χ3n) is 4.80. The van der Waals surface area contributed by atoms with Gasteiger partial charge in [0.15, 0.2) is 5.69 Å². The van der Waals surface area contributed by atoms with Crippen LogP contribution < -0.4 is 10.6 Å². The van der Waals surface area contributed by atoms with Crippen LogP contribution in [0.2, 0.25) is 0 Å². The number of nitrogens with one attached hydrogen (secondary N) is 2. The number of para-hydroxylation sites is 1. The zero-order valence-corrected chi connectivity index (χ0v) is 17.6. The summed E-state index contributed by atoms with van der Waals surface area (Å²) in [6, 6.07) is 11.4. The third-order valence-corrected chi connectivity index (χ3v) is 4.80. The quantitative estimate of drug-likeness (QED) is 0.653. The van der Waals surface area contributed by atoms with Crippen molar-refractivity contribution in [1.29, 1.82) is 0 Å². The molecule has 3 aromatic rings. The smallest absolute Gasteiger partial charge is 0.287 e. The Hall–Kier alpha value is -3.15. The Labute approximate surface area is 171 Å². The summed E-state index contributed by atoms with van der Waals surface area (Å²) in [7, 11) is 0. The number of imidazole rings is 1. The first kappa shape index (κ1) is 20.6. The van der Waals surface area contributed by atoms with Crippen molar-refractivity contribution in [3.63, 3.8) is 0 Å². The molecule has 0 fully saturated rings. The Morgan fingerprint density at radius 1 is 1.03 bits per heavy atom. The Bertz CT molecular complexity index is 1050. The number of fused-ring (bicyclic) bond motifs is 1. The molecule has 6 nitrogen and oxygen atoms in total. The lowest BCUT2D eigenvalue weighted by atomic mass is 9.98. The van der Waals surface area contributed by atoms with Crippen molar-refractivity contribution in [1.82, 2.24) is 14.7 Å². The Morgan fingerprint density at radius 2 is 1.79 bits per heavy atom. The number of rotatable bonds is 6. The lowest BCUT2D eigenvalue weighted by molar-refractivity contribution is 0.0938. The van der Waals surface area contributed by atoms with E-state index in [-0.39, 0.29) is 29.3 Å². The average molecular weight is 393 g/mol. The lowest BCUT2D eigenvalue weighted by Gasteiger charge is -2.16. The van der Waals surface area contributed by atoms with Crippen LogP contribution >= 0.6 is 0 Å². The van der Waals surface area contributed by atoms with Gasteiger partial charge in [-0.25, -0.2) is 4.98 Å². The molecule has 0 saturated carbocycles. The van der Waals surface area contributed by atoms with Crippen molar-refractivity contribution in [3.05, 3.63) is 65.2 Å². The number of aryl methyl sites for hydroxylation is 1. The molecule has 2 N–H and O–H groups in total. The van der Waals surface area contributed by atoms with Crippen molar-refractivity contribution in [2.75, 3.05) is 11.9 Å². The SMILES string of the molecule is Cc1cccc(C(C)C)c1NC(=O)c1nc(C(=O)NCC(C)C)n2ccccc12. The highest BCUT2D eigenvalue weighted by atomic mass is 16.2. The van der Waals surface area contributed by atoms with Crippen LogP contribution in [0, 0.1) is 12.8 Å². The highest BCUT2D eigenvalue weighted by Crippen LogP contribution is 2.28. The first-order chi connectivity index (χ1) is 13.8. The summed E-state index contributed by atoms with van der Waals surface area (Å²) in [5.41, 5.74) is 3.69. The molecule has 6 heteroatoms. The number of aromatic nitrogens is 2. The van der Waals surface area contributed by atoms with Gasteiger partial charge in [-0.15, -0.1) is 0 Å². The predicted octanol–water partition coefficient (Wildman–Crippen LogP) is 4.40. The Morgan fingerprint density at radius 3 is 2.48 bits per heavy atom. The third kappa shape index (κ3) is 4.31. The summed E-state index contributed by atoms with van der Waals surface area (Å²) < 4.78 is 1.66. The van der Waals surface area contributed by atoms with Gasteiger partial charge in [-0.3, -0.25) is 14.0 Å². The Kier molecular flexibility index (Phi) is 6.01. The number of hydrogen-bond acceptors (Lipinski definition) is 3. The number of pyridine rings is 1. The first-order valence-electron chi connectivity index (χ1n) is 9.95. The summed E-state index contributed by atoms with van der Waals surface area (Å²) in [6.45, 7) is 10.7. The average Bonchev–Trinajstić information content (AvgIpc) is 3.07. The van der Waals surface area contributed by atoms with Crippen LogP contribution in [0.15, 0.2) is 42.6 Å². The van der Waals surface area contributed by atoms with E-state index in [9.17, 15) is 9.59 Å². The number of amides is 2. The lowest BCUT2D eigenvalue weighted by Crippen LogP contribution is -2.29. The topological polar surface area (TPSA) is 75.5 Å². The minimum Gasteiger partial charge on any atom is -0.349 e. The number of anilines is 1. The van der Waals surface area contributed by atoms with Gasteiger partial charge >= 0.3 is 0 Å². The van der Waals surface area contributed by atoms with Crippen LogP contribution in [0.5, 0.6) is 0 Å². The van der Waals surface area contributed by atoms with Gasteiger partial charge in [-0.2, -0.15) is 0 Å². The van der Waals surface area contributed by atoms with Crippen LogP contribution in [0.25, 0.3) is 5.52 Å². The summed E-state index contributed by atoms with van der Waals surface area (Å²) in [5.74, 6) is 0.176. The molecule has 2 amide bonds. The molecule has 0 radical (unpaired) electrons. The predicted molar refractivity (Wildman–Crippen MR) is 116 cm³/mol. The van der Waals surface area contributed by atoms with Crippen molar-refractivity contribution in [2.45, 2.75) is 40.5 Å². The van der Waals surface area contributed by atoms with Gasteiger partial charge in [0.05, 0.1) is 5.52 Å². The molecule has 3 rings (SSSR count). The second-order valence-corrected chi connectivity index (χ2v) is 7.99. The van der Waals surface area contributed by atoms with E-state index in [1.165, 1.54) is 0 Å². The van der Waals surface area contributed by atoms with E-state index in [2.05, 4.69) is 29.5 Å². The fourth-order valence-corrected chi connectivity index (χ4v) is 3.26. The highest BCUT2D eigenvalue weighted by Gasteiger charge is 2.22. The number of nitrogens with zero attached hydrogens (tertiary/aromatic N) is 2. The van der Waals surface area contributed by atoms with E-state index < -0.39 is 0 Å². The molecule has 2 heterocycles. The molecule has 0 aliphatic heterocycles. The summed E-state index contributed by atoms with van der Waals surface area (Å²) in [5, 5.41) is 5.90. The van der Waals surface area contributed by atoms with Gasteiger partial charge in [0.2, 0.25) is 5.82 Å². The molecule has 29 heavy (non-hydrogen) atoms. The van der Waals surface area contributed by atoms with Gasteiger partial charge in [-0.05, 0) is 42.0 Å². The maximum Gasteiger partial charge on any atom is 0.287 e. The second kappa shape index (κ2) is 8.47. The molecule has 0 spiro atoms. The second-order valence-electron chi connectivity index (χ2n) is 7.99. The number of carbonyl (C=O) groups excluding carboxylic acids is 2. The number of carbonyl (C=O) groups is 2. The fraction of sp³-hybridized carbons (Fsp3) is 0.348. The minimum atomic E-state index is -0.326. The van der Waals surface area contributed by atoms with E-state index in [1.807, 2.05) is 51.1 Å². The minimum absolute atomic E-state index is 0.209. The van der Waals surface area contributed by atoms with E-state index in [0.717, 1.165) is 16.8 Å². The molecule has 152 valence electrons. The van der Waals surface area contributed by atoms with Gasteiger partial charge in [0.25, 0.3) is 11.8 Å². The van der Waals surface area contributed by atoms with E-state index >= 15 is 0 Å². The van der Waals surface area contributed by atoms with Gasteiger partial charge in [-0.1, -0.05) is 52.0 Å². The molecular formula is C23H28N4O2. The van der Waals surface area contributed by atoms with Crippen LogP contribution in [0.3, 0.4) is 0 Å². The summed E-state index contributed by atoms with van der Waals surface area (Å²) in [4.78, 5) is 30.2.